The third-order valence-electron chi connectivity index (χ3n) is 10.1. The molecule has 2 aliphatic rings. The van der Waals surface area contributed by atoms with E-state index in [-0.39, 0.29) is 31.2 Å². The lowest BCUT2D eigenvalue weighted by molar-refractivity contribution is -0.155. The van der Waals surface area contributed by atoms with Gasteiger partial charge in [0.05, 0.1) is 13.2 Å². The number of ether oxygens (including phenoxy) is 4. The Balaban J connectivity index is 0.903. The van der Waals surface area contributed by atoms with Crippen molar-refractivity contribution in [1.82, 2.24) is 4.90 Å². The number of phenolic OH excluding ortho intramolecular Hbond substituents is 1. The van der Waals surface area contributed by atoms with Crippen molar-refractivity contribution >= 4 is 17.8 Å². The van der Waals surface area contributed by atoms with Gasteiger partial charge in [0, 0.05) is 50.5 Å². The molecule has 0 bridgehead atoms. The van der Waals surface area contributed by atoms with Crippen LogP contribution in [0.2, 0.25) is 0 Å². The Morgan fingerprint density at radius 3 is 2.22 bits per heavy atom. The number of phenols is 1. The van der Waals surface area contributed by atoms with Crippen molar-refractivity contribution in [2.75, 3.05) is 26.4 Å². The Labute approximate surface area is 323 Å². The molecule has 6 rings (SSSR count). The van der Waals surface area contributed by atoms with Crippen molar-refractivity contribution < 1.29 is 38.4 Å². The lowest BCUT2D eigenvalue weighted by Gasteiger charge is -2.34. The number of nitrogens with zero attached hydrogens (tertiary/aromatic N) is 1. The van der Waals surface area contributed by atoms with Crippen LogP contribution in [-0.4, -0.2) is 65.9 Å². The topological polar surface area (TPSA) is 138 Å². The molecule has 3 N–H and O–H groups in total. The summed E-state index contributed by atoms with van der Waals surface area (Å²) in [5.74, 6) is 0.900. The predicted octanol–water partition coefficient (Wildman–Crippen LogP) is 7.44. The molecule has 0 fully saturated rings. The van der Waals surface area contributed by atoms with Crippen LogP contribution >= 0.6 is 0 Å². The normalized spacial score (nSPS) is 16.9. The van der Waals surface area contributed by atoms with E-state index in [0.29, 0.717) is 55.8 Å². The number of amides is 2. The number of aryl methyl sites for hydroxylation is 1. The summed E-state index contributed by atoms with van der Waals surface area (Å²) in [5, 5.41) is 10.1. The maximum atomic E-state index is 13.1. The molecule has 3 atom stereocenters. The Morgan fingerprint density at radius 1 is 0.836 bits per heavy atom. The molecule has 55 heavy (non-hydrogen) atoms. The summed E-state index contributed by atoms with van der Waals surface area (Å²) in [6.07, 6.45) is 3.46. The van der Waals surface area contributed by atoms with Crippen molar-refractivity contribution in [3.8, 4) is 17.2 Å². The minimum absolute atomic E-state index is 0.0245. The minimum atomic E-state index is -0.921. The van der Waals surface area contributed by atoms with Gasteiger partial charge in [-0.2, -0.15) is 0 Å². The molecule has 0 aromatic heterocycles. The summed E-state index contributed by atoms with van der Waals surface area (Å²) in [6.45, 7) is 7.60. The van der Waals surface area contributed by atoms with Gasteiger partial charge in [0.1, 0.15) is 28.9 Å². The lowest BCUT2D eigenvalue weighted by atomic mass is 9.69. The highest BCUT2D eigenvalue weighted by molar-refractivity contribution is 6.01. The smallest absolute Gasteiger partial charge is 0.306 e. The van der Waals surface area contributed by atoms with Gasteiger partial charge in [0.15, 0.2) is 0 Å². The molecule has 10 heteroatoms. The summed E-state index contributed by atoms with van der Waals surface area (Å²) in [4.78, 5) is 39.0. The molecule has 4 aromatic carbocycles. The fourth-order valence-electron chi connectivity index (χ4n) is 7.61. The van der Waals surface area contributed by atoms with Crippen LogP contribution in [0.1, 0.15) is 103 Å². The molecule has 2 amide bonds. The second-order valence-corrected chi connectivity index (χ2v) is 15.3. The molecule has 0 spiro atoms. The van der Waals surface area contributed by atoms with Crippen molar-refractivity contribution in [1.29, 1.82) is 0 Å². The summed E-state index contributed by atoms with van der Waals surface area (Å²) < 4.78 is 23.1. The van der Waals surface area contributed by atoms with E-state index in [4.69, 9.17) is 24.7 Å². The lowest BCUT2D eigenvalue weighted by Crippen LogP contribution is -2.45. The third-order valence-corrected chi connectivity index (χ3v) is 10.1. The van der Waals surface area contributed by atoms with E-state index in [9.17, 15) is 19.5 Å². The Hall–Kier alpha value is -5.35. The fraction of sp³-hybridized carbons (Fsp3) is 0.400. The van der Waals surface area contributed by atoms with E-state index >= 15 is 0 Å². The molecule has 4 aromatic rings. The summed E-state index contributed by atoms with van der Waals surface area (Å²) in [5.41, 5.74) is 11.3. The van der Waals surface area contributed by atoms with Crippen LogP contribution in [0.5, 0.6) is 17.2 Å². The maximum absolute atomic E-state index is 13.1. The zero-order valence-corrected chi connectivity index (χ0v) is 32.0. The molecular weight excluding hydrogens is 697 g/mol. The molecular formula is C45H52N2O8. The second kappa shape index (κ2) is 17.9. The van der Waals surface area contributed by atoms with E-state index in [1.54, 1.807) is 39.0 Å². The van der Waals surface area contributed by atoms with Crippen molar-refractivity contribution in [3.63, 3.8) is 0 Å². The number of rotatable bonds is 17. The molecule has 1 aliphatic carbocycles. The zero-order valence-electron chi connectivity index (χ0n) is 32.0. The van der Waals surface area contributed by atoms with Gasteiger partial charge < -0.3 is 34.7 Å². The van der Waals surface area contributed by atoms with Gasteiger partial charge in [-0.05, 0) is 116 Å². The van der Waals surface area contributed by atoms with Crippen LogP contribution in [-0.2, 0) is 32.0 Å². The molecule has 10 nitrogen and oxygen atoms in total. The first-order chi connectivity index (χ1) is 26.5. The van der Waals surface area contributed by atoms with Gasteiger partial charge in [-0.15, -0.1) is 0 Å². The number of hydrogen-bond donors (Lipinski definition) is 2. The number of esters is 1. The van der Waals surface area contributed by atoms with Crippen LogP contribution in [0.4, 0.5) is 0 Å². The minimum Gasteiger partial charge on any atom is -0.508 e. The van der Waals surface area contributed by atoms with E-state index < -0.39 is 23.5 Å². The predicted molar refractivity (Wildman–Crippen MR) is 209 cm³/mol. The number of carbonyl (C=O) groups excluding carboxylic acids is 3. The molecule has 0 saturated carbocycles. The zero-order chi connectivity index (χ0) is 39.0. The first-order valence-electron chi connectivity index (χ1n) is 19.2. The highest BCUT2D eigenvalue weighted by Crippen LogP contribution is 2.47. The van der Waals surface area contributed by atoms with Crippen molar-refractivity contribution in [3.05, 3.63) is 124 Å². The highest BCUT2D eigenvalue weighted by atomic mass is 16.6. The van der Waals surface area contributed by atoms with Gasteiger partial charge in [-0.1, -0.05) is 48.5 Å². The van der Waals surface area contributed by atoms with Gasteiger partial charge in [-0.25, -0.2) is 0 Å². The molecule has 0 saturated heterocycles. The summed E-state index contributed by atoms with van der Waals surface area (Å²) in [7, 11) is 0. The van der Waals surface area contributed by atoms with Gasteiger partial charge in [0.25, 0.3) is 5.91 Å². The van der Waals surface area contributed by atoms with E-state index in [2.05, 4.69) is 48.5 Å². The maximum Gasteiger partial charge on any atom is 0.306 e. The van der Waals surface area contributed by atoms with E-state index in [1.165, 1.54) is 27.2 Å². The van der Waals surface area contributed by atoms with Crippen LogP contribution < -0.4 is 15.2 Å². The standard InChI is InChI=1S/C45H52N2O8/c1-45(2,3)55-41(49)22-21-40(43(46)50)47-29-33-28-36(17-20-39(33)44(47)51)54-26-8-24-52-23-7-25-53-35-15-11-31(12-16-35)42-37(30-9-5-4-6-10-30)18-13-32-27-34(48)14-19-38(32)42/h4-6,9-12,14-17,19-20,27-28,37,40,42,48H,7-8,13,18,21-26,29H2,1-3H3,(H2,46,50)/t37-,40+,42+/m1/s1. The number of nitrogens with two attached hydrogens (primary N) is 1. The number of hydrogen-bond acceptors (Lipinski definition) is 8. The number of aromatic hydroxyl groups is 1. The number of fused-ring (bicyclic) bond motifs is 2. The van der Waals surface area contributed by atoms with Crippen molar-refractivity contribution in [2.24, 2.45) is 5.73 Å². The first-order valence-corrected chi connectivity index (χ1v) is 19.2. The number of carbonyl (C=O) groups is 3. The average Bonchev–Trinajstić information content (AvgIpc) is 3.48. The van der Waals surface area contributed by atoms with Crippen LogP contribution in [0.25, 0.3) is 0 Å². The molecule has 1 heterocycles. The fourth-order valence-corrected chi connectivity index (χ4v) is 7.61. The average molecular weight is 749 g/mol. The second-order valence-electron chi connectivity index (χ2n) is 15.3. The van der Waals surface area contributed by atoms with Crippen LogP contribution in [0.15, 0.2) is 91.0 Å². The molecule has 290 valence electrons. The number of benzene rings is 4. The quantitative estimate of drug-likeness (QED) is 0.0840. The van der Waals surface area contributed by atoms with Gasteiger partial charge in [0.2, 0.25) is 5.91 Å². The first kappa shape index (κ1) is 39.3. The van der Waals surface area contributed by atoms with Crippen LogP contribution in [0, 0.1) is 0 Å². The van der Waals surface area contributed by atoms with Gasteiger partial charge in [-0.3, -0.25) is 14.4 Å². The Kier molecular flexibility index (Phi) is 12.8. The monoisotopic (exact) mass is 748 g/mol. The van der Waals surface area contributed by atoms with Crippen LogP contribution in [0.3, 0.4) is 0 Å². The Bertz CT molecular complexity index is 1940. The summed E-state index contributed by atoms with van der Waals surface area (Å²) >= 11 is 0. The van der Waals surface area contributed by atoms with Gasteiger partial charge >= 0.3 is 5.97 Å². The molecule has 0 unspecified atom stereocenters. The molecule has 1 aliphatic heterocycles. The third kappa shape index (κ3) is 10.2. The SMILES string of the molecule is CC(C)(C)OC(=O)CC[C@@H](C(N)=O)N1Cc2cc(OCCCOCCCOc3ccc([C@@H]4c5ccc(O)cc5CC[C@@H]4c4ccccc4)cc3)ccc2C1=O. The van der Waals surface area contributed by atoms with Crippen molar-refractivity contribution in [2.45, 2.75) is 89.3 Å². The van der Waals surface area contributed by atoms with E-state index in [1.807, 2.05) is 24.3 Å². The Morgan fingerprint density at radius 2 is 1.53 bits per heavy atom. The summed E-state index contributed by atoms with van der Waals surface area (Å²) in [6, 6.07) is 29.2. The van der Waals surface area contributed by atoms with E-state index in [0.717, 1.165) is 30.6 Å². The number of primary amides is 1. The largest absolute Gasteiger partial charge is 0.508 e. The highest BCUT2D eigenvalue weighted by Gasteiger charge is 2.36. The molecule has 0 radical (unpaired) electrons.